The van der Waals surface area contributed by atoms with Crippen molar-refractivity contribution in [2.75, 3.05) is 57.0 Å². The smallest absolute Gasteiger partial charge is 0.277 e. The number of rotatable bonds is 8. The molecule has 4 rings (SSSR count). The zero-order valence-corrected chi connectivity index (χ0v) is 21.9. The Hall–Kier alpha value is -3.90. The number of nitrogens with one attached hydrogen (secondary N) is 1. The molecule has 0 atom stereocenters. The molecule has 0 saturated heterocycles. The maximum absolute atomic E-state index is 13.8. The minimum absolute atomic E-state index is 0.0109. The first-order valence-corrected chi connectivity index (χ1v) is 13.4. The first-order valence-electron chi connectivity index (χ1n) is 11.6. The molecule has 1 aromatic heterocycles. The Balaban J connectivity index is 1.88. The number of aliphatic hydroxyl groups excluding tert-OH is 1. The third-order valence-electron chi connectivity index (χ3n) is 6.08. The third-order valence-corrected chi connectivity index (χ3v) is 7.11. The Morgan fingerprint density at radius 3 is 2.49 bits per heavy atom. The fourth-order valence-corrected chi connectivity index (χ4v) is 5.13. The van der Waals surface area contributed by atoms with Gasteiger partial charge in [-0.2, -0.15) is 5.10 Å². The average molecular weight is 528 g/mol. The summed E-state index contributed by atoms with van der Waals surface area (Å²) in [6, 6.07) is 12.1. The van der Waals surface area contributed by atoms with Crippen LogP contribution < -0.4 is 19.9 Å². The number of carbonyl (C=O) groups excluding carboxylic acids is 2. The number of methoxy groups -OCH3 is 1. The van der Waals surface area contributed by atoms with Crippen molar-refractivity contribution in [2.45, 2.75) is 11.4 Å². The van der Waals surface area contributed by atoms with Crippen molar-refractivity contribution < 1.29 is 27.9 Å². The summed E-state index contributed by atoms with van der Waals surface area (Å²) in [6.07, 6.45) is 1.31. The maximum atomic E-state index is 13.8. The van der Waals surface area contributed by atoms with Crippen LogP contribution in [0.25, 0.3) is 5.69 Å². The minimum Gasteiger partial charge on any atom is -0.497 e. The van der Waals surface area contributed by atoms with Crippen molar-refractivity contribution in [3.05, 3.63) is 59.3 Å². The van der Waals surface area contributed by atoms with E-state index in [1.165, 1.54) is 17.9 Å². The molecule has 2 amide bonds. The standard InChI is InChI=1S/C25H29N5O6S/c1-28(2)16-5-7-17(8-6-16)29-13-11-19-22(25(29)33)30(27-24(19)37(4,34)35)21-10-9-18(36-3)15-20(21)23(32)26-12-14-31/h5-10,15,31H,11-14H2,1-4H3,(H,26,32). The van der Waals surface area contributed by atoms with Crippen LogP contribution in [-0.2, 0) is 16.3 Å². The van der Waals surface area contributed by atoms with E-state index in [-0.39, 0.29) is 48.1 Å². The van der Waals surface area contributed by atoms with Gasteiger partial charge in [0, 0.05) is 50.4 Å². The molecule has 0 saturated carbocycles. The quantitative estimate of drug-likeness (QED) is 0.448. The molecule has 196 valence electrons. The molecule has 2 heterocycles. The number of aliphatic hydroxyl groups is 1. The van der Waals surface area contributed by atoms with E-state index in [0.717, 1.165) is 11.9 Å². The zero-order chi connectivity index (χ0) is 26.9. The second-order valence-electron chi connectivity index (χ2n) is 8.80. The molecule has 0 spiro atoms. The van der Waals surface area contributed by atoms with Gasteiger partial charge in [0.05, 0.1) is 25.0 Å². The van der Waals surface area contributed by atoms with Gasteiger partial charge in [0.15, 0.2) is 14.9 Å². The number of hydrogen-bond acceptors (Lipinski definition) is 8. The Morgan fingerprint density at radius 2 is 1.89 bits per heavy atom. The van der Waals surface area contributed by atoms with Gasteiger partial charge in [0.1, 0.15) is 11.4 Å². The molecule has 0 aliphatic carbocycles. The number of hydrogen-bond donors (Lipinski definition) is 2. The van der Waals surface area contributed by atoms with Crippen molar-refractivity contribution in [1.82, 2.24) is 15.1 Å². The molecule has 0 bridgehead atoms. The lowest BCUT2D eigenvalue weighted by atomic mass is 10.0. The van der Waals surface area contributed by atoms with Gasteiger partial charge in [-0.3, -0.25) is 9.59 Å². The van der Waals surface area contributed by atoms with Gasteiger partial charge < -0.3 is 25.0 Å². The van der Waals surface area contributed by atoms with Crippen LogP contribution >= 0.6 is 0 Å². The SMILES string of the molecule is COc1ccc(-n2nc(S(C)(=O)=O)c3c2C(=O)N(c2ccc(N(C)C)cc2)CC3)c(C(=O)NCCO)c1. The lowest BCUT2D eigenvalue weighted by Crippen LogP contribution is -2.39. The van der Waals surface area contributed by atoms with Gasteiger partial charge in [-0.15, -0.1) is 0 Å². The molecule has 0 fully saturated rings. The second-order valence-corrected chi connectivity index (χ2v) is 10.7. The van der Waals surface area contributed by atoms with Crippen LogP contribution in [0, 0.1) is 0 Å². The number of sulfone groups is 1. The molecule has 3 aromatic rings. The van der Waals surface area contributed by atoms with E-state index in [9.17, 15) is 18.0 Å². The molecule has 2 N–H and O–H groups in total. The van der Waals surface area contributed by atoms with Gasteiger partial charge in [-0.25, -0.2) is 13.1 Å². The van der Waals surface area contributed by atoms with Crippen LogP contribution in [-0.4, -0.2) is 82.3 Å². The van der Waals surface area contributed by atoms with Gasteiger partial charge in [-0.05, 0) is 48.9 Å². The average Bonchev–Trinajstić information content (AvgIpc) is 3.28. The van der Waals surface area contributed by atoms with E-state index in [1.54, 1.807) is 17.0 Å². The number of fused-ring (bicyclic) bond motifs is 1. The van der Waals surface area contributed by atoms with Gasteiger partial charge >= 0.3 is 0 Å². The maximum Gasteiger partial charge on any atom is 0.277 e. The van der Waals surface area contributed by atoms with Crippen molar-refractivity contribution in [1.29, 1.82) is 0 Å². The molecule has 1 aliphatic rings. The monoisotopic (exact) mass is 527 g/mol. The van der Waals surface area contributed by atoms with Crippen molar-refractivity contribution in [2.24, 2.45) is 0 Å². The Labute approximate surface area is 215 Å². The van der Waals surface area contributed by atoms with Gasteiger partial charge in [0.2, 0.25) is 0 Å². The van der Waals surface area contributed by atoms with E-state index in [2.05, 4.69) is 10.4 Å². The normalized spacial score (nSPS) is 13.3. The summed E-state index contributed by atoms with van der Waals surface area (Å²) >= 11 is 0. The Morgan fingerprint density at radius 1 is 1.19 bits per heavy atom. The summed E-state index contributed by atoms with van der Waals surface area (Å²) < 4.78 is 31.8. The number of ether oxygens (including phenoxy) is 1. The van der Waals surface area contributed by atoms with E-state index < -0.39 is 21.7 Å². The second kappa shape index (κ2) is 10.2. The van der Waals surface area contributed by atoms with Crippen LogP contribution in [0.1, 0.15) is 26.4 Å². The highest BCUT2D eigenvalue weighted by Gasteiger charge is 2.36. The minimum atomic E-state index is -3.78. The van der Waals surface area contributed by atoms with Crippen LogP contribution in [0.3, 0.4) is 0 Å². The number of carbonyl (C=O) groups is 2. The predicted molar refractivity (Wildman–Crippen MR) is 139 cm³/mol. The topological polar surface area (TPSA) is 134 Å². The molecule has 0 unspecified atom stereocenters. The summed E-state index contributed by atoms with van der Waals surface area (Å²) in [4.78, 5) is 30.3. The fraction of sp³-hybridized carbons (Fsp3) is 0.320. The van der Waals surface area contributed by atoms with E-state index in [4.69, 9.17) is 9.84 Å². The van der Waals surface area contributed by atoms with Crippen molar-refractivity contribution >= 4 is 33.0 Å². The first-order chi connectivity index (χ1) is 17.6. The van der Waals surface area contributed by atoms with Crippen LogP contribution in [0.5, 0.6) is 5.75 Å². The molecule has 11 nitrogen and oxygen atoms in total. The Bertz CT molecular complexity index is 1450. The van der Waals surface area contributed by atoms with Crippen LogP contribution in [0.2, 0.25) is 0 Å². The predicted octanol–water partition coefficient (Wildman–Crippen LogP) is 1.28. The summed E-state index contributed by atoms with van der Waals surface area (Å²) in [5.41, 5.74) is 2.33. The lowest BCUT2D eigenvalue weighted by Gasteiger charge is -2.28. The summed E-state index contributed by atoms with van der Waals surface area (Å²) in [6.45, 7) is 0.0191. The zero-order valence-electron chi connectivity index (χ0n) is 21.1. The molecule has 12 heteroatoms. The molecular weight excluding hydrogens is 498 g/mol. The largest absolute Gasteiger partial charge is 0.497 e. The number of amides is 2. The van der Waals surface area contributed by atoms with E-state index >= 15 is 0 Å². The summed E-state index contributed by atoms with van der Waals surface area (Å²) in [5.74, 6) is -0.581. The highest BCUT2D eigenvalue weighted by atomic mass is 32.2. The molecule has 1 aliphatic heterocycles. The van der Waals surface area contributed by atoms with Crippen molar-refractivity contribution in [3.8, 4) is 11.4 Å². The number of anilines is 2. The highest BCUT2D eigenvalue weighted by Crippen LogP contribution is 2.33. The van der Waals surface area contributed by atoms with Crippen molar-refractivity contribution in [3.63, 3.8) is 0 Å². The lowest BCUT2D eigenvalue weighted by molar-refractivity contribution is 0.0940. The molecular formula is C25H29N5O6S. The Kier molecular flexibility index (Phi) is 7.23. The molecule has 0 radical (unpaired) electrons. The molecule has 37 heavy (non-hydrogen) atoms. The number of aromatic nitrogens is 2. The summed E-state index contributed by atoms with van der Waals surface area (Å²) in [5, 5.41) is 15.9. The van der Waals surface area contributed by atoms with Gasteiger partial charge in [-0.1, -0.05) is 0 Å². The number of benzene rings is 2. The first kappa shape index (κ1) is 26.2. The van der Waals surface area contributed by atoms with E-state index in [1.807, 2.05) is 43.3 Å². The fourth-order valence-electron chi connectivity index (χ4n) is 4.25. The van der Waals surface area contributed by atoms with Crippen LogP contribution in [0.4, 0.5) is 11.4 Å². The van der Waals surface area contributed by atoms with E-state index in [0.29, 0.717) is 17.0 Å². The van der Waals surface area contributed by atoms with Crippen LogP contribution in [0.15, 0.2) is 47.5 Å². The van der Waals surface area contributed by atoms with Gasteiger partial charge in [0.25, 0.3) is 11.8 Å². The summed E-state index contributed by atoms with van der Waals surface area (Å²) in [7, 11) is 1.51. The highest BCUT2D eigenvalue weighted by molar-refractivity contribution is 7.90. The third kappa shape index (κ3) is 5.02. The molecule has 2 aromatic carbocycles. The number of nitrogens with zero attached hydrogens (tertiary/aromatic N) is 4.